The molecule has 1 aromatic heterocycles. The van der Waals surface area contributed by atoms with Gasteiger partial charge in [0.2, 0.25) is 0 Å². The van der Waals surface area contributed by atoms with Crippen molar-refractivity contribution in [1.29, 1.82) is 0 Å². The van der Waals surface area contributed by atoms with Crippen LogP contribution < -0.4 is 10.1 Å². The van der Waals surface area contributed by atoms with Crippen molar-refractivity contribution < 1.29 is 4.74 Å². The van der Waals surface area contributed by atoms with E-state index < -0.39 is 0 Å². The van der Waals surface area contributed by atoms with Crippen LogP contribution in [-0.2, 0) is 19.6 Å². The molecule has 3 nitrogen and oxygen atoms in total. The maximum absolute atomic E-state index is 6.28. The van der Waals surface area contributed by atoms with E-state index in [1.54, 1.807) is 11.3 Å². The Balaban J connectivity index is 2.02. The first kappa shape index (κ1) is 16.3. The lowest BCUT2D eigenvalue weighted by molar-refractivity contribution is 0.298. The number of ether oxygens (including phenoxy) is 1. The van der Waals surface area contributed by atoms with Gasteiger partial charge < -0.3 is 10.1 Å². The summed E-state index contributed by atoms with van der Waals surface area (Å²) >= 11 is 7.96. The number of hydrogen-bond donors (Lipinski definition) is 1. The molecule has 0 radical (unpaired) electrons. The van der Waals surface area contributed by atoms with Crippen molar-refractivity contribution in [2.24, 2.45) is 0 Å². The lowest BCUT2D eigenvalue weighted by Crippen LogP contribution is -2.15. The van der Waals surface area contributed by atoms with Crippen LogP contribution in [0, 0.1) is 0 Å². The van der Waals surface area contributed by atoms with Crippen molar-refractivity contribution in [2.75, 3.05) is 6.54 Å². The number of aryl methyl sites for hydroxylation is 1. The maximum Gasteiger partial charge on any atom is 0.131 e. The minimum Gasteiger partial charge on any atom is -0.487 e. The van der Waals surface area contributed by atoms with Gasteiger partial charge in [0.1, 0.15) is 12.4 Å². The van der Waals surface area contributed by atoms with E-state index in [0.717, 1.165) is 53.0 Å². The number of nitrogens with one attached hydrogen (secondary N) is 1. The molecule has 5 heteroatoms. The smallest absolute Gasteiger partial charge is 0.131 e. The maximum atomic E-state index is 6.28. The number of hydrogen-bond acceptors (Lipinski definition) is 4. The Morgan fingerprint density at radius 3 is 2.90 bits per heavy atom. The van der Waals surface area contributed by atoms with Gasteiger partial charge in [-0.3, -0.25) is 0 Å². The topological polar surface area (TPSA) is 34.1 Å². The Morgan fingerprint density at radius 2 is 2.19 bits per heavy atom. The van der Waals surface area contributed by atoms with Crippen molar-refractivity contribution in [2.45, 2.75) is 39.8 Å². The second kappa shape index (κ2) is 8.37. The predicted molar refractivity (Wildman–Crippen MR) is 89.3 cm³/mol. The number of thiazole rings is 1. The van der Waals surface area contributed by atoms with Crippen LogP contribution in [0.4, 0.5) is 0 Å². The molecule has 0 saturated heterocycles. The zero-order chi connectivity index (χ0) is 15.1. The van der Waals surface area contributed by atoms with Crippen LogP contribution in [-0.4, -0.2) is 11.5 Å². The molecule has 0 aliphatic rings. The van der Waals surface area contributed by atoms with Crippen molar-refractivity contribution in [3.05, 3.63) is 44.9 Å². The number of aromatic nitrogens is 1. The molecule has 2 rings (SSSR count). The normalized spacial score (nSPS) is 10.8. The highest BCUT2D eigenvalue weighted by Crippen LogP contribution is 2.27. The van der Waals surface area contributed by atoms with Gasteiger partial charge in [0.25, 0.3) is 0 Å². The molecule has 0 unspecified atom stereocenters. The van der Waals surface area contributed by atoms with Gasteiger partial charge in [-0.25, -0.2) is 4.98 Å². The minimum absolute atomic E-state index is 0.484. The Hall–Kier alpha value is -1.10. The molecule has 0 atom stereocenters. The van der Waals surface area contributed by atoms with Gasteiger partial charge in [-0.15, -0.1) is 11.3 Å². The summed E-state index contributed by atoms with van der Waals surface area (Å²) < 4.78 is 5.91. The molecular weight excluding hydrogens is 304 g/mol. The van der Waals surface area contributed by atoms with Crippen LogP contribution in [0.25, 0.3) is 0 Å². The molecule has 1 heterocycles. The molecule has 0 bridgehead atoms. The van der Waals surface area contributed by atoms with E-state index in [1.165, 1.54) is 0 Å². The van der Waals surface area contributed by atoms with Crippen LogP contribution >= 0.6 is 22.9 Å². The molecule has 114 valence electrons. The molecule has 1 N–H and O–H groups in total. The van der Waals surface area contributed by atoms with Gasteiger partial charge in [-0.1, -0.05) is 31.5 Å². The summed E-state index contributed by atoms with van der Waals surface area (Å²) in [7, 11) is 0. The Morgan fingerprint density at radius 1 is 1.33 bits per heavy atom. The molecule has 0 aliphatic carbocycles. The monoisotopic (exact) mass is 324 g/mol. The lowest BCUT2D eigenvalue weighted by atomic mass is 10.2. The van der Waals surface area contributed by atoms with Crippen LogP contribution in [0.2, 0.25) is 5.02 Å². The minimum atomic E-state index is 0.484. The van der Waals surface area contributed by atoms with Crippen molar-refractivity contribution >= 4 is 22.9 Å². The molecular formula is C16H21ClN2OS. The first-order valence-corrected chi connectivity index (χ1v) is 8.54. The summed E-state index contributed by atoms with van der Waals surface area (Å²) in [5, 5.41) is 7.30. The third-order valence-corrected chi connectivity index (χ3v) is 4.48. The van der Waals surface area contributed by atoms with Crippen LogP contribution in [0.3, 0.4) is 0 Å². The number of nitrogens with zero attached hydrogens (tertiary/aromatic N) is 1. The second-order valence-electron chi connectivity index (χ2n) is 4.77. The predicted octanol–water partition coefficient (Wildman–Crippen LogP) is 4.44. The van der Waals surface area contributed by atoms with Gasteiger partial charge in [-0.05, 0) is 31.5 Å². The molecule has 0 amide bonds. The molecule has 0 saturated carbocycles. The van der Waals surface area contributed by atoms with Gasteiger partial charge >= 0.3 is 0 Å². The fourth-order valence-corrected chi connectivity index (χ4v) is 2.93. The fourth-order valence-electron chi connectivity index (χ4n) is 1.97. The van der Waals surface area contributed by atoms with Crippen molar-refractivity contribution in [1.82, 2.24) is 10.3 Å². The molecule has 0 fully saturated rings. The Labute approximate surface area is 135 Å². The molecule has 21 heavy (non-hydrogen) atoms. The summed E-state index contributed by atoms with van der Waals surface area (Å²) in [6.07, 6.45) is 2.06. The highest BCUT2D eigenvalue weighted by atomic mass is 35.5. The second-order valence-corrected chi connectivity index (χ2v) is 6.12. The molecule has 0 spiro atoms. The Bertz CT molecular complexity index is 571. The van der Waals surface area contributed by atoms with Crippen molar-refractivity contribution in [3.8, 4) is 5.75 Å². The lowest BCUT2D eigenvalue weighted by Gasteiger charge is -2.13. The van der Waals surface area contributed by atoms with Gasteiger partial charge in [0.05, 0.1) is 10.7 Å². The van der Waals surface area contributed by atoms with Crippen LogP contribution in [0.1, 0.15) is 36.5 Å². The summed E-state index contributed by atoms with van der Waals surface area (Å²) in [4.78, 5) is 4.52. The zero-order valence-electron chi connectivity index (χ0n) is 12.5. The molecule has 1 aromatic carbocycles. The fraction of sp³-hybridized carbons (Fsp3) is 0.438. The molecule has 2 aromatic rings. The number of halogens is 1. The first-order valence-electron chi connectivity index (χ1n) is 7.28. The summed E-state index contributed by atoms with van der Waals surface area (Å²) in [5.74, 6) is 0.831. The van der Waals surface area contributed by atoms with Gasteiger partial charge in [0, 0.05) is 22.5 Å². The average Bonchev–Trinajstić information content (AvgIpc) is 2.95. The highest BCUT2D eigenvalue weighted by Gasteiger charge is 2.09. The largest absolute Gasteiger partial charge is 0.487 e. The SMILES string of the molecule is CCCNCc1c(Cl)cccc1OCc1csc(CC)n1. The summed E-state index contributed by atoms with van der Waals surface area (Å²) in [5.41, 5.74) is 1.99. The number of benzene rings is 1. The van der Waals surface area contributed by atoms with Crippen LogP contribution in [0.5, 0.6) is 5.75 Å². The van der Waals surface area contributed by atoms with Crippen LogP contribution in [0.15, 0.2) is 23.6 Å². The van der Waals surface area contributed by atoms with E-state index in [2.05, 4.69) is 29.5 Å². The highest BCUT2D eigenvalue weighted by molar-refractivity contribution is 7.09. The van der Waals surface area contributed by atoms with E-state index in [4.69, 9.17) is 16.3 Å². The van der Waals surface area contributed by atoms with Gasteiger partial charge in [0.15, 0.2) is 0 Å². The average molecular weight is 325 g/mol. The van der Waals surface area contributed by atoms with E-state index in [1.807, 2.05) is 18.2 Å². The first-order chi connectivity index (χ1) is 10.2. The third-order valence-electron chi connectivity index (χ3n) is 3.08. The van der Waals surface area contributed by atoms with E-state index in [0.29, 0.717) is 6.61 Å². The summed E-state index contributed by atoms with van der Waals surface area (Å²) in [6, 6.07) is 5.77. The van der Waals surface area contributed by atoms with Crippen molar-refractivity contribution in [3.63, 3.8) is 0 Å². The summed E-state index contributed by atoms with van der Waals surface area (Å²) in [6.45, 7) is 6.43. The van der Waals surface area contributed by atoms with E-state index >= 15 is 0 Å². The quantitative estimate of drug-likeness (QED) is 0.729. The standard InChI is InChI=1S/C16H21ClN2OS/c1-3-8-18-9-13-14(17)6-5-7-15(13)20-10-12-11-21-16(4-2)19-12/h5-7,11,18H,3-4,8-10H2,1-2H3. The zero-order valence-corrected chi connectivity index (χ0v) is 14.1. The number of rotatable bonds is 8. The van der Waals surface area contributed by atoms with Gasteiger partial charge in [-0.2, -0.15) is 0 Å². The van der Waals surface area contributed by atoms with E-state index in [9.17, 15) is 0 Å². The molecule has 0 aliphatic heterocycles. The third kappa shape index (κ3) is 4.70. The Kier molecular flexibility index (Phi) is 6.49. The van der Waals surface area contributed by atoms with E-state index in [-0.39, 0.29) is 0 Å².